The second kappa shape index (κ2) is 8.53. The fourth-order valence-electron chi connectivity index (χ4n) is 3.27. The molecule has 1 aliphatic rings. The molecule has 1 aromatic heterocycles. The molecule has 2 atom stereocenters. The zero-order chi connectivity index (χ0) is 19.3. The molecule has 1 aromatic carbocycles. The number of carbonyl (C=O) groups excluding carboxylic acids is 1. The SMILES string of the molecule is CC(C)(C)c1ccc(OCCNC(=O)[C@@H]2CCO[C@H]2c2ccncc2)cc1. The molecule has 2 heterocycles. The maximum absolute atomic E-state index is 12.5. The summed E-state index contributed by atoms with van der Waals surface area (Å²) in [6.07, 6.45) is 3.99. The van der Waals surface area contributed by atoms with E-state index in [-0.39, 0.29) is 23.3 Å². The Labute approximate surface area is 161 Å². The molecule has 1 saturated heterocycles. The molecular formula is C22H28N2O3. The van der Waals surface area contributed by atoms with Crippen LogP contribution in [0, 0.1) is 5.92 Å². The van der Waals surface area contributed by atoms with E-state index in [2.05, 4.69) is 43.2 Å². The molecule has 3 rings (SSSR count). The molecule has 0 saturated carbocycles. The van der Waals surface area contributed by atoms with Gasteiger partial charge in [0.25, 0.3) is 0 Å². The maximum Gasteiger partial charge on any atom is 0.226 e. The molecule has 144 valence electrons. The molecule has 0 bridgehead atoms. The first-order chi connectivity index (χ1) is 12.9. The van der Waals surface area contributed by atoms with Crippen molar-refractivity contribution in [2.45, 2.75) is 38.7 Å². The van der Waals surface area contributed by atoms with Crippen LogP contribution in [0.5, 0.6) is 5.75 Å². The summed E-state index contributed by atoms with van der Waals surface area (Å²) in [4.78, 5) is 16.6. The molecule has 0 aliphatic carbocycles. The molecular weight excluding hydrogens is 340 g/mol. The van der Waals surface area contributed by atoms with Crippen LogP contribution in [0.1, 0.15) is 44.4 Å². The zero-order valence-corrected chi connectivity index (χ0v) is 16.3. The van der Waals surface area contributed by atoms with E-state index < -0.39 is 0 Å². The fourth-order valence-corrected chi connectivity index (χ4v) is 3.27. The average molecular weight is 368 g/mol. The lowest BCUT2D eigenvalue weighted by atomic mass is 9.87. The lowest BCUT2D eigenvalue weighted by Crippen LogP contribution is -2.35. The van der Waals surface area contributed by atoms with Crippen molar-refractivity contribution in [3.8, 4) is 5.75 Å². The number of ether oxygens (including phenoxy) is 2. The predicted octanol–water partition coefficient (Wildman–Crippen LogP) is 3.65. The number of benzene rings is 1. The van der Waals surface area contributed by atoms with Gasteiger partial charge in [0.05, 0.1) is 18.6 Å². The van der Waals surface area contributed by atoms with Crippen LogP contribution in [0.3, 0.4) is 0 Å². The fraction of sp³-hybridized carbons (Fsp3) is 0.455. The molecule has 1 N–H and O–H groups in total. The number of amides is 1. The standard InChI is InChI=1S/C22H28N2O3/c1-22(2,3)17-4-6-18(7-5-17)26-15-13-24-21(25)19-10-14-27-20(19)16-8-11-23-12-9-16/h4-9,11-12,19-20H,10,13-15H2,1-3H3,(H,24,25)/t19-,20+/m1/s1. The molecule has 1 aliphatic heterocycles. The van der Waals surface area contributed by atoms with Crippen molar-refractivity contribution in [3.63, 3.8) is 0 Å². The summed E-state index contributed by atoms with van der Waals surface area (Å²) in [5.74, 6) is 0.663. The maximum atomic E-state index is 12.5. The van der Waals surface area contributed by atoms with E-state index in [1.807, 2.05) is 24.3 Å². The smallest absolute Gasteiger partial charge is 0.226 e. The Morgan fingerprint density at radius 1 is 1.19 bits per heavy atom. The molecule has 5 nitrogen and oxygen atoms in total. The summed E-state index contributed by atoms with van der Waals surface area (Å²) in [5.41, 5.74) is 2.39. The van der Waals surface area contributed by atoms with E-state index in [0.717, 1.165) is 17.7 Å². The Balaban J connectivity index is 1.45. The molecule has 5 heteroatoms. The van der Waals surface area contributed by atoms with Crippen molar-refractivity contribution < 1.29 is 14.3 Å². The minimum atomic E-state index is -0.195. The van der Waals surface area contributed by atoms with Crippen LogP contribution in [0.4, 0.5) is 0 Å². The zero-order valence-electron chi connectivity index (χ0n) is 16.3. The Morgan fingerprint density at radius 2 is 1.89 bits per heavy atom. The summed E-state index contributed by atoms with van der Waals surface area (Å²) in [5, 5.41) is 2.97. The minimum Gasteiger partial charge on any atom is -0.492 e. The number of nitrogens with zero attached hydrogens (tertiary/aromatic N) is 1. The van der Waals surface area contributed by atoms with Crippen LogP contribution < -0.4 is 10.1 Å². The summed E-state index contributed by atoms with van der Waals surface area (Å²) in [6, 6.07) is 11.9. The molecule has 0 spiro atoms. The van der Waals surface area contributed by atoms with Gasteiger partial charge in [0.15, 0.2) is 0 Å². The van der Waals surface area contributed by atoms with Crippen LogP contribution in [-0.4, -0.2) is 30.6 Å². The second-order valence-electron chi connectivity index (χ2n) is 7.88. The lowest BCUT2D eigenvalue weighted by molar-refractivity contribution is -0.126. The summed E-state index contributed by atoms with van der Waals surface area (Å²) in [6.45, 7) is 8.06. The van der Waals surface area contributed by atoms with Gasteiger partial charge in [-0.25, -0.2) is 0 Å². The van der Waals surface area contributed by atoms with Gasteiger partial charge in [0.2, 0.25) is 5.91 Å². The van der Waals surface area contributed by atoms with Crippen LogP contribution in [-0.2, 0) is 14.9 Å². The highest BCUT2D eigenvalue weighted by atomic mass is 16.5. The minimum absolute atomic E-state index is 0.0148. The van der Waals surface area contributed by atoms with Gasteiger partial charge >= 0.3 is 0 Å². The van der Waals surface area contributed by atoms with Crippen molar-refractivity contribution in [1.29, 1.82) is 0 Å². The van der Waals surface area contributed by atoms with E-state index in [1.54, 1.807) is 12.4 Å². The monoisotopic (exact) mass is 368 g/mol. The average Bonchev–Trinajstić information content (AvgIpc) is 3.15. The molecule has 27 heavy (non-hydrogen) atoms. The summed E-state index contributed by atoms with van der Waals surface area (Å²) in [7, 11) is 0. The largest absolute Gasteiger partial charge is 0.492 e. The predicted molar refractivity (Wildman–Crippen MR) is 105 cm³/mol. The molecule has 1 amide bonds. The van der Waals surface area contributed by atoms with Crippen molar-refractivity contribution in [2.24, 2.45) is 5.92 Å². The third kappa shape index (κ3) is 5.07. The van der Waals surface area contributed by atoms with Gasteiger partial charge in [-0.1, -0.05) is 32.9 Å². The Kier molecular flexibility index (Phi) is 6.11. The molecule has 0 radical (unpaired) electrons. The van der Waals surface area contributed by atoms with E-state index in [1.165, 1.54) is 5.56 Å². The second-order valence-corrected chi connectivity index (χ2v) is 7.88. The first-order valence-corrected chi connectivity index (χ1v) is 9.48. The normalized spacial score (nSPS) is 19.7. The number of hydrogen-bond acceptors (Lipinski definition) is 4. The number of carbonyl (C=O) groups is 1. The van der Waals surface area contributed by atoms with E-state index >= 15 is 0 Å². The number of nitrogens with one attached hydrogen (secondary N) is 1. The summed E-state index contributed by atoms with van der Waals surface area (Å²) < 4.78 is 11.5. The van der Waals surface area contributed by atoms with E-state index in [9.17, 15) is 4.79 Å². The van der Waals surface area contributed by atoms with Crippen molar-refractivity contribution >= 4 is 5.91 Å². The number of rotatable bonds is 6. The van der Waals surface area contributed by atoms with Crippen molar-refractivity contribution in [1.82, 2.24) is 10.3 Å². The van der Waals surface area contributed by atoms with Gasteiger partial charge in [0.1, 0.15) is 12.4 Å². The summed E-state index contributed by atoms with van der Waals surface area (Å²) >= 11 is 0. The Hall–Kier alpha value is -2.40. The van der Waals surface area contributed by atoms with Crippen molar-refractivity contribution in [3.05, 3.63) is 59.9 Å². The Morgan fingerprint density at radius 3 is 2.56 bits per heavy atom. The van der Waals surface area contributed by atoms with Gasteiger partial charge in [0, 0.05) is 19.0 Å². The third-order valence-corrected chi connectivity index (χ3v) is 4.85. The Bertz CT molecular complexity index is 738. The van der Waals surface area contributed by atoms with Gasteiger partial charge in [-0.3, -0.25) is 9.78 Å². The van der Waals surface area contributed by atoms with Crippen LogP contribution >= 0.6 is 0 Å². The van der Waals surface area contributed by atoms with E-state index in [0.29, 0.717) is 19.8 Å². The topological polar surface area (TPSA) is 60.5 Å². The van der Waals surface area contributed by atoms with E-state index in [4.69, 9.17) is 9.47 Å². The van der Waals surface area contributed by atoms with Crippen molar-refractivity contribution in [2.75, 3.05) is 19.8 Å². The lowest BCUT2D eigenvalue weighted by Gasteiger charge is -2.19. The van der Waals surface area contributed by atoms with Gasteiger partial charge in [-0.2, -0.15) is 0 Å². The van der Waals surface area contributed by atoms with Gasteiger partial charge in [-0.15, -0.1) is 0 Å². The van der Waals surface area contributed by atoms with Crippen LogP contribution in [0.15, 0.2) is 48.8 Å². The molecule has 2 aromatic rings. The highest BCUT2D eigenvalue weighted by Crippen LogP contribution is 2.34. The number of pyridine rings is 1. The molecule has 1 fully saturated rings. The highest BCUT2D eigenvalue weighted by Gasteiger charge is 2.34. The molecule has 0 unspecified atom stereocenters. The van der Waals surface area contributed by atoms with Crippen LogP contribution in [0.25, 0.3) is 0 Å². The van der Waals surface area contributed by atoms with Gasteiger partial charge in [-0.05, 0) is 47.2 Å². The quantitative estimate of drug-likeness (QED) is 0.791. The first kappa shape index (κ1) is 19.4. The highest BCUT2D eigenvalue weighted by molar-refractivity contribution is 5.79. The first-order valence-electron chi connectivity index (χ1n) is 9.48. The van der Waals surface area contributed by atoms with Gasteiger partial charge < -0.3 is 14.8 Å². The number of aromatic nitrogens is 1. The van der Waals surface area contributed by atoms with Crippen LogP contribution in [0.2, 0.25) is 0 Å². The number of hydrogen-bond donors (Lipinski definition) is 1. The third-order valence-electron chi connectivity index (χ3n) is 4.85.